The summed E-state index contributed by atoms with van der Waals surface area (Å²) in [4.78, 5) is 51.8. The van der Waals surface area contributed by atoms with Gasteiger partial charge in [0.1, 0.15) is 11.1 Å². The quantitative estimate of drug-likeness (QED) is 0.271. The van der Waals surface area contributed by atoms with E-state index in [0.717, 1.165) is 9.80 Å². The predicted molar refractivity (Wildman–Crippen MR) is 158 cm³/mol. The Kier molecular flexibility index (Phi) is 11.5. The van der Waals surface area contributed by atoms with E-state index in [1.54, 1.807) is 34.6 Å². The Morgan fingerprint density at radius 1 is 0.644 bits per heavy atom. The summed E-state index contributed by atoms with van der Waals surface area (Å²) >= 11 is 0. The highest BCUT2D eigenvalue weighted by atomic mass is 19.4. The monoisotopic (exact) mass is 644 g/mol. The first kappa shape index (κ1) is 37.1. The van der Waals surface area contributed by atoms with E-state index in [1.165, 1.54) is 59.9 Å². The molecule has 2 saturated heterocycles. The van der Waals surface area contributed by atoms with E-state index in [2.05, 4.69) is 19.2 Å². The molecule has 0 aliphatic carbocycles. The van der Waals surface area contributed by atoms with Gasteiger partial charge < -0.3 is 10.2 Å². The minimum atomic E-state index is -4.29. The third-order valence-electron chi connectivity index (χ3n) is 6.70. The maximum atomic E-state index is 12.4. The summed E-state index contributed by atoms with van der Waals surface area (Å²) in [6.45, 7) is 12.8. The van der Waals surface area contributed by atoms with Crippen molar-refractivity contribution in [2.24, 2.45) is 0 Å². The maximum absolute atomic E-state index is 12.4. The Morgan fingerprint density at radius 2 is 1.02 bits per heavy atom. The van der Waals surface area contributed by atoms with E-state index < -0.39 is 54.2 Å². The molecule has 45 heavy (non-hydrogen) atoms. The average Bonchev–Trinajstić information content (AvgIpc) is 3.21. The number of benzene rings is 2. The Bertz CT molecular complexity index is 1370. The van der Waals surface area contributed by atoms with Gasteiger partial charge in [-0.3, -0.25) is 9.59 Å². The fourth-order valence-electron chi connectivity index (χ4n) is 4.57. The zero-order chi connectivity index (χ0) is 34.5. The molecule has 2 aromatic carbocycles. The van der Waals surface area contributed by atoms with Crippen molar-refractivity contribution in [1.82, 2.24) is 10.2 Å². The molecule has 0 spiro atoms. The zero-order valence-electron chi connectivity index (χ0n) is 26.2. The molecule has 0 bridgehead atoms. The molecule has 8 nitrogen and oxygen atoms in total. The van der Waals surface area contributed by atoms with Gasteiger partial charge in [0.25, 0.3) is 11.8 Å². The highest BCUT2D eigenvalue weighted by Crippen LogP contribution is 2.32. The van der Waals surface area contributed by atoms with Crippen molar-refractivity contribution in [3.63, 3.8) is 0 Å². The van der Waals surface area contributed by atoms with Crippen molar-refractivity contribution >= 4 is 35.3 Å². The van der Waals surface area contributed by atoms with Gasteiger partial charge in [-0.25, -0.2) is 19.4 Å². The number of halogens is 6. The van der Waals surface area contributed by atoms with Crippen LogP contribution in [0.3, 0.4) is 0 Å². The van der Waals surface area contributed by atoms with Gasteiger partial charge in [0.15, 0.2) is 0 Å². The smallest absolute Gasteiger partial charge is 0.323 e. The highest BCUT2D eigenvalue weighted by Gasteiger charge is 2.51. The molecule has 1 N–H and O–H groups in total. The number of carbonyl (C=O) groups is 4. The van der Waals surface area contributed by atoms with Crippen LogP contribution in [0.15, 0.2) is 48.5 Å². The molecule has 0 unspecified atom stereocenters. The highest BCUT2D eigenvalue weighted by molar-refractivity contribution is 6.23. The summed E-state index contributed by atoms with van der Waals surface area (Å²) in [5.74, 6) is -0.825. The predicted octanol–water partition coefficient (Wildman–Crippen LogP) is 7.40. The Balaban J connectivity index is 0.000000289. The van der Waals surface area contributed by atoms with E-state index in [0.29, 0.717) is 6.54 Å². The van der Waals surface area contributed by atoms with Crippen LogP contribution >= 0.6 is 0 Å². The molecule has 4 rings (SSSR count). The molecule has 0 radical (unpaired) electrons. The van der Waals surface area contributed by atoms with Crippen molar-refractivity contribution in [2.75, 3.05) is 16.3 Å². The first-order valence-corrected chi connectivity index (χ1v) is 14.2. The van der Waals surface area contributed by atoms with E-state index in [-0.39, 0.29) is 28.4 Å². The fourth-order valence-corrected chi connectivity index (χ4v) is 4.57. The van der Waals surface area contributed by atoms with Crippen molar-refractivity contribution in [3.8, 4) is 0 Å². The largest absolute Gasteiger partial charge is 0.393 e. The summed E-state index contributed by atoms with van der Waals surface area (Å²) in [6.07, 6.45) is -9.41. The SMILES string of the molecule is CC1(C)NC(=O)N(c2ccc(CC(F)(F)F)cc2)C1=O.CCC.CCN1C(=O)N(c2ccc(CC(F)(F)F)cc2)C(=O)C1(C)C. The van der Waals surface area contributed by atoms with Crippen LogP contribution in [0.5, 0.6) is 0 Å². The Morgan fingerprint density at radius 3 is 1.31 bits per heavy atom. The van der Waals surface area contributed by atoms with E-state index in [1.807, 2.05) is 0 Å². The molecule has 2 aromatic rings. The van der Waals surface area contributed by atoms with Crippen molar-refractivity contribution in [3.05, 3.63) is 59.7 Å². The third-order valence-corrected chi connectivity index (χ3v) is 6.70. The summed E-state index contributed by atoms with van der Waals surface area (Å²) in [5.41, 5.74) is -1.28. The van der Waals surface area contributed by atoms with Gasteiger partial charge in [0, 0.05) is 6.54 Å². The molecular formula is C31H38F6N4O4. The number of urea groups is 2. The van der Waals surface area contributed by atoms with Crippen molar-refractivity contribution < 1.29 is 45.5 Å². The topological polar surface area (TPSA) is 90.0 Å². The van der Waals surface area contributed by atoms with Crippen molar-refractivity contribution in [1.29, 1.82) is 0 Å². The lowest BCUT2D eigenvalue weighted by Gasteiger charge is -2.25. The number of nitrogens with one attached hydrogen (secondary N) is 1. The third kappa shape index (κ3) is 9.21. The number of rotatable bonds is 5. The van der Waals surface area contributed by atoms with Crippen LogP contribution in [0, 0.1) is 0 Å². The lowest BCUT2D eigenvalue weighted by molar-refractivity contribution is -0.128. The normalized spacial score (nSPS) is 17.5. The minimum Gasteiger partial charge on any atom is -0.323 e. The lowest BCUT2D eigenvalue weighted by atomic mass is 10.0. The maximum Gasteiger partial charge on any atom is 0.393 e. The average molecular weight is 645 g/mol. The van der Waals surface area contributed by atoms with Crippen LogP contribution in [0.4, 0.5) is 47.3 Å². The van der Waals surface area contributed by atoms with Crippen LogP contribution in [-0.2, 0) is 22.4 Å². The second-order valence-electron chi connectivity index (χ2n) is 11.5. The van der Waals surface area contributed by atoms with Gasteiger partial charge in [0.2, 0.25) is 0 Å². The first-order chi connectivity index (χ1) is 20.6. The number of imide groups is 2. The molecule has 0 aromatic heterocycles. The van der Waals surface area contributed by atoms with Crippen LogP contribution in [0.25, 0.3) is 0 Å². The van der Waals surface area contributed by atoms with Gasteiger partial charge in [-0.2, -0.15) is 26.3 Å². The molecule has 2 heterocycles. The number of nitrogens with zero attached hydrogens (tertiary/aromatic N) is 3. The van der Waals surface area contributed by atoms with E-state index in [4.69, 9.17) is 0 Å². The van der Waals surface area contributed by atoms with Gasteiger partial charge in [-0.05, 0) is 70.0 Å². The summed E-state index contributed by atoms with van der Waals surface area (Å²) in [6, 6.07) is 9.45. The van der Waals surface area contributed by atoms with Crippen LogP contribution in [0.1, 0.15) is 66.0 Å². The number of hydrogen-bond donors (Lipinski definition) is 1. The molecule has 248 valence electrons. The van der Waals surface area contributed by atoms with Crippen LogP contribution in [-0.4, -0.2) is 58.8 Å². The van der Waals surface area contributed by atoms with Crippen LogP contribution < -0.4 is 15.1 Å². The molecule has 2 fully saturated rings. The van der Waals surface area contributed by atoms with Gasteiger partial charge >= 0.3 is 24.4 Å². The second-order valence-corrected chi connectivity index (χ2v) is 11.5. The molecule has 6 amide bonds. The number of anilines is 2. The number of likely N-dealkylation sites (N-methyl/N-ethyl adjacent to an activating group) is 1. The number of alkyl halides is 6. The molecule has 2 aliphatic rings. The summed E-state index contributed by atoms with van der Waals surface area (Å²) in [5, 5.41) is 2.50. The molecule has 2 aliphatic heterocycles. The number of carbonyl (C=O) groups excluding carboxylic acids is 4. The molecule has 14 heteroatoms. The number of hydrogen-bond acceptors (Lipinski definition) is 4. The zero-order valence-corrected chi connectivity index (χ0v) is 26.2. The minimum absolute atomic E-state index is 0.0764. The van der Waals surface area contributed by atoms with E-state index >= 15 is 0 Å². The van der Waals surface area contributed by atoms with Gasteiger partial charge in [0.05, 0.1) is 24.2 Å². The van der Waals surface area contributed by atoms with Gasteiger partial charge in [-0.1, -0.05) is 44.5 Å². The van der Waals surface area contributed by atoms with Crippen molar-refractivity contribution in [2.45, 2.75) is 91.2 Å². The Labute approximate surface area is 258 Å². The summed E-state index contributed by atoms with van der Waals surface area (Å²) in [7, 11) is 0. The molecular weight excluding hydrogens is 606 g/mol. The second kappa shape index (κ2) is 13.9. The van der Waals surface area contributed by atoms with E-state index in [9.17, 15) is 45.5 Å². The molecule has 0 atom stereocenters. The standard InChI is InChI=1S/C15H17F3N2O2.C13H13F3N2O2.C3H8/c1-4-19-13(22)20(12(21)14(19,2)3)11-7-5-10(6-8-11)9-15(16,17)18;1-12(2)10(19)18(11(20)17-12)9-5-3-8(4-6-9)7-13(14,15)16;1-3-2/h5-8H,4,9H2,1-3H3;3-6H,7H2,1-2H3,(H,17,20);3H2,1-2H3. The Hall–Kier alpha value is -4.10. The lowest BCUT2D eigenvalue weighted by Crippen LogP contribution is -2.43. The molecule has 0 saturated carbocycles. The van der Waals surface area contributed by atoms with Gasteiger partial charge in [-0.15, -0.1) is 0 Å². The number of amides is 6. The summed E-state index contributed by atoms with van der Waals surface area (Å²) < 4.78 is 73.7. The fraction of sp³-hybridized carbons (Fsp3) is 0.484. The first-order valence-electron chi connectivity index (χ1n) is 14.2. The van der Waals surface area contributed by atoms with Crippen LogP contribution in [0.2, 0.25) is 0 Å².